The number of hydrogen-bond donors (Lipinski definition) is 14. The van der Waals surface area contributed by atoms with Crippen LogP contribution in [0.4, 0.5) is 0 Å². The molecule has 0 bridgehead atoms. The molecule has 1 fully saturated rings. The summed E-state index contributed by atoms with van der Waals surface area (Å²) in [5.74, 6) is -8.50. The molecule has 1 aromatic heterocycles. The van der Waals surface area contributed by atoms with E-state index in [9.17, 15) is 48.6 Å². The highest BCUT2D eigenvalue weighted by Crippen LogP contribution is 2.25. The number of nitrogens with one attached hydrogen (secondary N) is 8. The molecule has 436 valence electrons. The van der Waals surface area contributed by atoms with Crippen LogP contribution in [0.2, 0.25) is 0 Å². The van der Waals surface area contributed by atoms with Gasteiger partial charge in [0.1, 0.15) is 48.0 Å². The van der Waals surface area contributed by atoms with Gasteiger partial charge in [-0.25, -0.2) is 0 Å². The summed E-state index contributed by atoms with van der Waals surface area (Å²) in [5.41, 5.74) is 20.5. The SMILES string of the molecule is CC(=O)O.CC(C)C1NC(=O)[C@H](CCCCN)NC(=O)[C@@H](Cc2c[nH]c3ccccc23)NC(=O)C(Cc2ccc(O)cc2)NC(=O)[C@@H](NC(=O)[C@H](N)Cc2ccc3ccccc3c2)CSSC[C@@H](C(=O)N[C@H](C(N)=O)[C@@H](C)O)NC1=O. The molecule has 0 saturated carbocycles. The van der Waals surface area contributed by atoms with Crippen molar-refractivity contribution in [1.82, 2.24) is 42.2 Å². The highest BCUT2D eigenvalue weighted by Gasteiger charge is 2.36. The minimum absolute atomic E-state index is 0.0501. The van der Waals surface area contributed by atoms with Gasteiger partial charge < -0.3 is 74.7 Å². The number of aromatic nitrogens is 1. The number of primary amides is 1. The lowest BCUT2D eigenvalue weighted by molar-refractivity contribution is -0.136. The Morgan fingerprint density at radius 1 is 0.716 bits per heavy atom. The summed E-state index contributed by atoms with van der Waals surface area (Å²) in [6, 6.07) is 15.8. The van der Waals surface area contributed by atoms with E-state index in [0.717, 1.165) is 55.8 Å². The van der Waals surface area contributed by atoms with Crippen molar-refractivity contribution in [1.29, 1.82) is 0 Å². The van der Waals surface area contributed by atoms with E-state index >= 15 is 0 Å². The molecule has 5 aromatic rings. The van der Waals surface area contributed by atoms with Crippen molar-refractivity contribution in [3.05, 3.63) is 114 Å². The molecule has 17 N–H and O–H groups in total. The Morgan fingerprint density at radius 3 is 1.96 bits per heavy atom. The van der Waals surface area contributed by atoms with E-state index in [1.54, 1.807) is 32.2 Å². The normalized spacial score (nSPS) is 20.9. The number of aliphatic hydroxyl groups excluding tert-OH is 1. The zero-order valence-corrected chi connectivity index (χ0v) is 47.1. The average molecular weight is 1160 g/mol. The maximum Gasteiger partial charge on any atom is 0.300 e. The molecule has 1 saturated heterocycles. The van der Waals surface area contributed by atoms with E-state index < -0.39 is 114 Å². The molecule has 6 rings (SSSR count). The summed E-state index contributed by atoms with van der Waals surface area (Å²) >= 11 is 0. The van der Waals surface area contributed by atoms with E-state index in [2.05, 4.69) is 42.2 Å². The molecule has 2 heterocycles. The average Bonchev–Trinajstić information content (AvgIpc) is 3.88. The lowest BCUT2D eigenvalue weighted by Gasteiger charge is -2.29. The van der Waals surface area contributed by atoms with Gasteiger partial charge in [-0.1, -0.05) is 108 Å². The van der Waals surface area contributed by atoms with Gasteiger partial charge in [-0.05, 0) is 90.7 Å². The minimum Gasteiger partial charge on any atom is -0.508 e. The van der Waals surface area contributed by atoms with Gasteiger partial charge in [0.15, 0.2) is 0 Å². The van der Waals surface area contributed by atoms with Crippen molar-refractivity contribution >= 4 is 96.5 Å². The first kappa shape index (κ1) is 64.1. The number of phenolic OH excluding ortho intramolecular Hbond substituents is 1. The largest absolute Gasteiger partial charge is 0.508 e. The van der Waals surface area contributed by atoms with Crippen LogP contribution in [-0.2, 0) is 62.4 Å². The van der Waals surface area contributed by atoms with E-state index in [4.69, 9.17) is 27.1 Å². The summed E-state index contributed by atoms with van der Waals surface area (Å²) in [6.45, 7) is 5.93. The number of aliphatic hydroxyl groups is 1. The monoisotopic (exact) mass is 1160 g/mol. The van der Waals surface area contributed by atoms with Gasteiger partial charge in [0, 0.05) is 48.4 Å². The van der Waals surface area contributed by atoms with Gasteiger partial charge in [0.25, 0.3) is 5.97 Å². The standard InChI is InChI=1S/C54H69N11O10S2.C2H4O2/c1-29(2)45-54(75)63-44(53(74)65-46(30(3)66)47(57)68)28-77-76-27-43(62-48(69)38(56)23-32-15-18-33-10-4-5-11-34(33)22-32)52(73)60-41(24-31-16-19-36(67)20-17-31)50(71)61-42(25-35-26-58-39-13-7-6-12-37(35)39)51(72)59-40(49(70)64-45)14-8-9-21-55;1-2(3)4/h4-7,10-13,15-20,22,26,29-30,38,40-46,58,66-67H,8-9,14,21,23-25,27-28,55-56H2,1-3H3,(H2,57,68)(H,59,72)(H,60,73)(H,61,71)(H,62,69)(H,63,75)(H,64,70)(H,65,74);1H3,(H,3,4)/t30-,38-,40+,41?,42-,43+,44+,45?,46+;/m1./s1. The van der Waals surface area contributed by atoms with Crippen molar-refractivity contribution in [2.24, 2.45) is 23.1 Å². The van der Waals surface area contributed by atoms with Gasteiger partial charge in [-0.15, -0.1) is 0 Å². The maximum absolute atomic E-state index is 14.9. The Bertz CT molecular complexity index is 2990. The van der Waals surface area contributed by atoms with Crippen LogP contribution < -0.4 is 54.4 Å². The first-order valence-electron chi connectivity index (χ1n) is 26.3. The van der Waals surface area contributed by atoms with E-state index in [1.165, 1.54) is 19.1 Å². The summed E-state index contributed by atoms with van der Waals surface area (Å²) < 4.78 is 0. The number of H-pyrrole nitrogens is 1. The number of aromatic hydroxyl groups is 1. The van der Waals surface area contributed by atoms with Gasteiger partial charge in [-0.3, -0.25) is 43.2 Å². The number of para-hydroxylation sites is 1. The lowest BCUT2D eigenvalue weighted by atomic mass is 10.00. The molecule has 0 spiro atoms. The number of unbranched alkanes of at least 4 members (excludes halogenated alkanes) is 1. The van der Waals surface area contributed by atoms with Crippen LogP contribution in [0, 0.1) is 5.92 Å². The number of fused-ring (bicyclic) bond motifs is 2. The van der Waals surface area contributed by atoms with Crippen LogP contribution in [0.1, 0.15) is 63.6 Å². The Balaban J connectivity index is 0.00000291. The summed E-state index contributed by atoms with van der Waals surface area (Å²) in [7, 11) is 2.03. The maximum atomic E-state index is 14.9. The van der Waals surface area contributed by atoms with Crippen molar-refractivity contribution in [2.75, 3.05) is 18.1 Å². The fourth-order valence-corrected chi connectivity index (χ4v) is 11.0. The topological polar surface area (TPSA) is 392 Å². The van der Waals surface area contributed by atoms with Gasteiger partial charge in [-0.2, -0.15) is 0 Å². The Hall–Kier alpha value is -7.71. The summed E-state index contributed by atoms with van der Waals surface area (Å²) in [4.78, 5) is 125. The molecule has 1 aliphatic heterocycles. The second kappa shape index (κ2) is 31.3. The summed E-state index contributed by atoms with van der Waals surface area (Å²) in [5, 5.41) is 49.5. The summed E-state index contributed by atoms with van der Waals surface area (Å²) in [6.07, 6.45) is 1.05. The lowest BCUT2D eigenvalue weighted by Crippen LogP contribution is -2.62. The van der Waals surface area contributed by atoms with Crippen molar-refractivity contribution in [3.8, 4) is 5.75 Å². The molecule has 0 radical (unpaired) electrons. The van der Waals surface area contributed by atoms with Gasteiger partial charge in [0.05, 0.1) is 12.1 Å². The smallest absolute Gasteiger partial charge is 0.300 e. The van der Waals surface area contributed by atoms with E-state index in [1.807, 2.05) is 66.7 Å². The van der Waals surface area contributed by atoms with Crippen LogP contribution in [0.25, 0.3) is 21.7 Å². The molecule has 2 unspecified atom stereocenters. The number of nitrogens with two attached hydrogens (primary N) is 3. The van der Waals surface area contributed by atoms with Crippen molar-refractivity contribution in [3.63, 3.8) is 0 Å². The molecule has 9 atom stereocenters. The van der Waals surface area contributed by atoms with Crippen LogP contribution in [-0.4, -0.2) is 146 Å². The minimum atomic E-state index is -1.55. The van der Waals surface area contributed by atoms with E-state index in [0.29, 0.717) is 24.0 Å². The third-order valence-electron chi connectivity index (χ3n) is 13.1. The Kier molecular flexibility index (Phi) is 24.8. The molecule has 23 nitrogen and oxygen atoms in total. The molecule has 4 aromatic carbocycles. The predicted octanol–water partition coefficient (Wildman–Crippen LogP) is 0.913. The number of carboxylic acid groups (broad SMARTS) is 1. The number of carboxylic acids is 1. The van der Waals surface area contributed by atoms with Gasteiger partial charge in [0.2, 0.25) is 47.3 Å². The number of aliphatic carboxylic acids is 1. The van der Waals surface area contributed by atoms with Crippen LogP contribution in [0.15, 0.2) is 97.2 Å². The van der Waals surface area contributed by atoms with Gasteiger partial charge >= 0.3 is 0 Å². The number of hydrogen-bond acceptors (Lipinski definition) is 15. The zero-order chi connectivity index (χ0) is 59.3. The second-order valence-electron chi connectivity index (χ2n) is 20.0. The first-order valence-corrected chi connectivity index (χ1v) is 28.8. The molecule has 1 aliphatic rings. The quantitative estimate of drug-likeness (QED) is 0.0455. The van der Waals surface area contributed by atoms with E-state index in [-0.39, 0.29) is 49.5 Å². The number of carbonyl (C=O) groups excluding carboxylic acids is 8. The Morgan fingerprint density at radius 2 is 1.31 bits per heavy atom. The number of rotatable bonds is 17. The predicted molar refractivity (Wildman–Crippen MR) is 310 cm³/mol. The third kappa shape index (κ3) is 19.8. The van der Waals surface area contributed by atoms with Crippen molar-refractivity contribution < 1.29 is 58.5 Å². The fraction of sp³-hybridized carbons (Fsp3) is 0.411. The Labute approximate surface area is 476 Å². The van der Waals surface area contributed by atoms with Crippen LogP contribution in [0.5, 0.6) is 5.75 Å². The molecule has 81 heavy (non-hydrogen) atoms. The van der Waals surface area contributed by atoms with Crippen molar-refractivity contribution in [2.45, 2.75) is 121 Å². The van der Waals surface area contributed by atoms with Crippen LogP contribution in [0.3, 0.4) is 0 Å². The number of benzene rings is 4. The number of amides is 8. The number of phenols is 1. The fourth-order valence-electron chi connectivity index (χ4n) is 8.71. The third-order valence-corrected chi connectivity index (χ3v) is 15.5. The number of aromatic amines is 1. The number of carbonyl (C=O) groups is 9. The highest BCUT2D eigenvalue weighted by atomic mass is 33.1. The second-order valence-corrected chi connectivity index (χ2v) is 22.5. The first-order chi connectivity index (χ1) is 38.5. The molecular formula is C56H73N11O12S2. The molecule has 0 aliphatic carbocycles. The zero-order valence-electron chi connectivity index (χ0n) is 45.4. The molecule has 25 heteroatoms. The van der Waals surface area contributed by atoms with Crippen LogP contribution >= 0.6 is 21.6 Å². The molecule has 8 amide bonds. The highest BCUT2D eigenvalue weighted by molar-refractivity contribution is 8.76. The molecular weight excluding hydrogens is 1080 g/mol.